The van der Waals surface area contributed by atoms with E-state index >= 15 is 0 Å². The molecule has 1 aromatic heterocycles. The molecule has 5 nitrogen and oxygen atoms in total. The summed E-state index contributed by atoms with van der Waals surface area (Å²) in [6.07, 6.45) is 0. The van der Waals surface area contributed by atoms with Crippen LogP contribution in [0, 0.1) is 0 Å². The molecule has 0 amide bonds. The Kier molecular flexibility index (Phi) is 7.47. The Morgan fingerprint density at radius 3 is 1.90 bits per heavy atom. The smallest absolute Gasteiger partial charge is 0.145 e. The summed E-state index contributed by atoms with van der Waals surface area (Å²) in [6, 6.07) is 44.6. The standard InChI is InChI=1S/C28H21N3O.C9H9N/c29-28(19-10-2-1-3-11-19)30-18-31-23-15-7-4-12-20(23)26-22-14-6-9-17-25(22)32-27(26)21-13-5-8-16-24(21)31;1-8(10-2)9-6-4-3-5-7-9/h1-17H,18H2,(H2,29,30);3-7H,1-2H2. The number of nitrogens with zero attached hydrogens (tertiary/aromatic N) is 3. The first-order valence-corrected chi connectivity index (χ1v) is 13.7. The van der Waals surface area contributed by atoms with E-state index in [2.05, 4.69) is 71.7 Å². The molecule has 0 atom stereocenters. The van der Waals surface area contributed by atoms with Crippen LogP contribution < -0.4 is 10.6 Å². The number of para-hydroxylation sites is 3. The van der Waals surface area contributed by atoms with Crippen LogP contribution in [0.25, 0.3) is 39.1 Å². The normalized spacial score (nSPS) is 11.8. The van der Waals surface area contributed by atoms with Crippen molar-refractivity contribution in [3.8, 4) is 22.5 Å². The zero-order chi connectivity index (χ0) is 28.9. The van der Waals surface area contributed by atoms with Crippen molar-refractivity contribution >= 4 is 40.6 Å². The molecule has 2 N–H and O–H groups in total. The molecule has 0 fully saturated rings. The maximum absolute atomic E-state index is 6.41. The molecule has 0 spiro atoms. The van der Waals surface area contributed by atoms with Crippen LogP contribution in [0.3, 0.4) is 0 Å². The Morgan fingerprint density at radius 1 is 0.667 bits per heavy atom. The van der Waals surface area contributed by atoms with Crippen LogP contribution in [0.2, 0.25) is 0 Å². The molecule has 0 saturated heterocycles. The lowest BCUT2D eigenvalue weighted by atomic mass is 9.98. The maximum atomic E-state index is 6.41. The first-order valence-electron chi connectivity index (χ1n) is 13.7. The predicted octanol–water partition coefficient (Wildman–Crippen LogP) is 8.94. The fourth-order valence-electron chi connectivity index (χ4n) is 5.18. The van der Waals surface area contributed by atoms with Gasteiger partial charge in [-0.25, -0.2) is 4.99 Å². The van der Waals surface area contributed by atoms with Gasteiger partial charge in [-0.3, -0.25) is 4.99 Å². The molecule has 0 unspecified atom stereocenters. The molecule has 1 aliphatic rings. The van der Waals surface area contributed by atoms with Gasteiger partial charge in [-0.15, -0.1) is 0 Å². The number of aliphatic imine (C=N–C) groups is 2. The molecule has 0 radical (unpaired) electrons. The van der Waals surface area contributed by atoms with Gasteiger partial charge in [0, 0.05) is 27.6 Å². The summed E-state index contributed by atoms with van der Waals surface area (Å²) < 4.78 is 6.41. The van der Waals surface area contributed by atoms with Crippen LogP contribution in [0.15, 0.2) is 154 Å². The number of amidine groups is 1. The van der Waals surface area contributed by atoms with Crippen LogP contribution >= 0.6 is 0 Å². The molecular weight excluding hydrogens is 516 g/mol. The minimum absolute atomic E-state index is 0.400. The lowest BCUT2D eigenvalue weighted by Crippen LogP contribution is -2.22. The topological polar surface area (TPSA) is 67.1 Å². The van der Waals surface area contributed by atoms with Gasteiger partial charge in [-0.05, 0) is 36.5 Å². The van der Waals surface area contributed by atoms with Gasteiger partial charge in [0.25, 0.3) is 0 Å². The molecule has 42 heavy (non-hydrogen) atoms. The molecule has 5 heteroatoms. The predicted molar refractivity (Wildman–Crippen MR) is 176 cm³/mol. The maximum Gasteiger partial charge on any atom is 0.145 e. The van der Waals surface area contributed by atoms with Gasteiger partial charge < -0.3 is 15.1 Å². The summed E-state index contributed by atoms with van der Waals surface area (Å²) in [5.74, 6) is 1.41. The highest BCUT2D eigenvalue weighted by atomic mass is 16.3. The highest BCUT2D eigenvalue weighted by Crippen LogP contribution is 2.51. The molecule has 6 aromatic rings. The van der Waals surface area contributed by atoms with E-state index in [1.165, 1.54) is 0 Å². The molecule has 1 aliphatic heterocycles. The van der Waals surface area contributed by atoms with E-state index in [0.717, 1.165) is 61.6 Å². The van der Waals surface area contributed by atoms with Crippen LogP contribution in [0.5, 0.6) is 0 Å². The van der Waals surface area contributed by atoms with E-state index in [0.29, 0.717) is 12.5 Å². The number of anilines is 2. The van der Waals surface area contributed by atoms with Gasteiger partial charge in [0.2, 0.25) is 0 Å². The quantitative estimate of drug-likeness (QED) is 0.173. The van der Waals surface area contributed by atoms with E-state index in [1.807, 2.05) is 84.9 Å². The first kappa shape index (κ1) is 26.5. The monoisotopic (exact) mass is 546 g/mol. The van der Waals surface area contributed by atoms with E-state index in [4.69, 9.17) is 15.1 Å². The van der Waals surface area contributed by atoms with Crippen molar-refractivity contribution in [1.82, 2.24) is 0 Å². The van der Waals surface area contributed by atoms with Gasteiger partial charge >= 0.3 is 0 Å². The molecular formula is C37H30N4O. The minimum atomic E-state index is 0.400. The molecule has 0 aliphatic carbocycles. The largest absolute Gasteiger partial charge is 0.455 e. The van der Waals surface area contributed by atoms with Gasteiger partial charge in [-0.1, -0.05) is 116 Å². The first-order chi connectivity index (χ1) is 20.7. The number of benzene rings is 5. The number of nitrogens with two attached hydrogens (primary N) is 1. The second-order valence-electron chi connectivity index (χ2n) is 9.79. The zero-order valence-corrected chi connectivity index (χ0v) is 23.2. The second-order valence-corrected chi connectivity index (χ2v) is 9.79. The molecule has 0 saturated carbocycles. The number of furan rings is 1. The molecule has 0 bridgehead atoms. The van der Waals surface area contributed by atoms with Crippen LogP contribution in [0.1, 0.15) is 11.1 Å². The Bertz CT molecular complexity index is 1910. The fourth-order valence-corrected chi connectivity index (χ4v) is 5.18. The van der Waals surface area contributed by atoms with E-state index < -0.39 is 0 Å². The summed E-state index contributed by atoms with van der Waals surface area (Å²) in [7, 11) is 0. The third-order valence-corrected chi connectivity index (χ3v) is 7.25. The average Bonchev–Trinajstić information content (AvgIpc) is 3.40. The van der Waals surface area contributed by atoms with Crippen molar-refractivity contribution in [3.63, 3.8) is 0 Å². The average molecular weight is 547 g/mol. The molecule has 5 aromatic carbocycles. The van der Waals surface area contributed by atoms with E-state index in [1.54, 1.807) is 0 Å². The SMILES string of the molecule is C=NC(=C)c1ccccc1.N/C(=N\CN1c2ccccc2-c2oc3ccccc3c2-c2ccccc21)c1ccccc1. The zero-order valence-electron chi connectivity index (χ0n) is 23.2. The number of fused-ring (bicyclic) bond motifs is 7. The van der Waals surface area contributed by atoms with Crippen molar-refractivity contribution in [3.05, 3.63) is 151 Å². The van der Waals surface area contributed by atoms with Crippen molar-refractivity contribution < 1.29 is 4.42 Å². The van der Waals surface area contributed by atoms with Crippen molar-refractivity contribution in [2.45, 2.75) is 0 Å². The fraction of sp³-hybridized carbons (Fsp3) is 0.0270. The number of hydrogen-bond acceptors (Lipinski definition) is 4. The van der Waals surface area contributed by atoms with Gasteiger partial charge in [0.15, 0.2) is 0 Å². The number of rotatable bonds is 5. The summed E-state index contributed by atoms with van der Waals surface area (Å²) >= 11 is 0. The Morgan fingerprint density at radius 2 is 1.21 bits per heavy atom. The molecule has 204 valence electrons. The molecule has 7 rings (SSSR count). The lowest BCUT2D eigenvalue weighted by Gasteiger charge is -2.25. The molecule has 2 heterocycles. The van der Waals surface area contributed by atoms with E-state index in [-0.39, 0.29) is 0 Å². The highest BCUT2D eigenvalue weighted by Gasteiger charge is 2.28. The van der Waals surface area contributed by atoms with Gasteiger partial charge in [-0.2, -0.15) is 0 Å². The van der Waals surface area contributed by atoms with Crippen LogP contribution in [-0.4, -0.2) is 19.2 Å². The van der Waals surface area contributed by atoms with Crippen molar-refractivity contribution in [2.75, 3.05) is 11.6 Å². The van der Waals surface area contributed by atoms with Crippen LogP contribution in [0.4, 0.5) is 11.4 Å². The summed E-state index contributed by atoms with van der Waals surface area (Å²) in [5, 5.41) is 1.11. The Balaban J connectivity index is 0.000000269. The van der Waals surface area contributed by atoms with Gasteiger partial charge in [0.1, 0.15) is 23.8 Å². The van der Waals surface area contributed by atoms with Crippen LogP contribution in [-0.2, 0) is 0 Å². The lowest BCUT2D eigenvalue weighted by molar-refractivity contribution is 0.632. The summed E-state index contributed by atoms with van der Waals surface area (Å²) in [6.45, 7) is 7.50. The van der Waals surface area contributed by atoms with Gasteiger partial charge in [0.05, 0.1) is 17.1 Å². The minimum Gasteiger partial charge on any atom is -0.455 e. The number of hydrogen-bond donors (Lipinski definition) is 1. The van der Waals surface area contributed by atoms with Crippen molar-refractivity contribution in [2.24, 2.45) is 15.7 Å². The second kappa shape index (κ2) is 11.8. The Labute approximate surface area is 245 Å². The summed E-state index contributed by atoms with van der Waals surface area (Å²) in [4.78, 5) is 10.7. The van der Waals surface area contributed by atoms with Crippen molar-refractivity contribution in [1.29, 1.82) is 0 Å². The Hall–Kier alpha value is -5.68. The van der Waals surface area contributed by atoms with E-state index in [9.17, 15) is 0 Å². The highest BCUT2D eigenvalue weighted by molar-refractivity contribution is 6.08. The summed E-state index contributed by atoms with van der Waals surface area (Å²) in [5.41, 5.74) is 15.3. The third-order valence-electron chi connectivity index (χ3n) is 7.25. The third kappa shape index (κ3) is 5.11.